The van der Waals surface area contributed by atoms with Gasteiger partial charge in [0.1, 0.15) is 0 Å². The minimum absolute atomic E-state index is 0.0492. The maximum Gasteiger partial charge on any atom is 0.240 e. The van der Waals surface area contributed by atoms with Crippen molar-refractivity contribution in [2.75, 3.05) is 26.2 Å². The number of piperidine rings is 1. The third-order valence-corrected chi connectivity index (χ3v) is 10.2. The monoisotopic (exact) mass is 599 g/mol. The van der Waals surface area contributed by atoms with Crippen LogP contribution in [-0.4, -0.2) is 72.3 Å². The third kappa shape index (κ3) is 6.70. The highest BCUT2D eigenvalue weighted by molar-refractivity contribution is 7.89. The fourth-order valence-electron chi connectivity index (χ4n) is 6.25. The van der Waals surface area contributed by atoms with E-state index in [-0.39, 0.29) is 16.8 Å². The van der Waals surface area contributed by atoms with Crippen LogP contribution in [0, 0.1) is 0 Å². The molecule has 2 fully saturated rings. The lowest BCUT2D eigenvalue weighted by Crippen LogP contribution is -2.46. The van der Waals surface area contributed by atoms with Crippen LogP contribution < -0.4 is 4.72 Å². The molecule has 43 heavy (non-hydrogen) atoms. The van der Waals surface area contributed by atoms with E-state index in [4.69, 9.17) is 4.99 Å². The van der Waals surface area contributed by atoms with Gasteiger partial charge in [-0.25, -0.2) is 18.1 Å². The van der Waals surface area contributed by atoms with Crippen molar-refractivity contribution < 1.29 is 13.5 Å². The van der Waals surface area contributed by atoms with Gasteiger partial charge in [-0.2, -0.15) is 0 Å². The minimum atomic E-state index is -3.77. The van der Waals surface area contributed by atoms with Crippen molar-refractivity contribution in [3.05, 3.63) is 89.5 Å². The van der Waals surface area contributed by atoms with E-state index in [9.17, 15) is 13.5 Å². The molecule has 4 aromatic rings. The van der Waals surface area contributed by atoms with Crippen LogP contribution in [0.15, 0.2) is 82.7 Å². The molecule has 6 rings (SSSR count). The van der Waals surface area contributed by atoms with Gasteiger partial charge in [-0.1, -0.05) is 42.5 Å². The number of aromatic amines is 1. The second kappa shape index (κ2) is 12.6. The molecule has 0 aliphatic carbocycles. The van der Waals surface area contributed by atoms with Crippen molar-refractivity contribution in [1.29, 1.82) is 0 Å². The Hall–Kier alpha value is -3.50. The van der Waals surface area contributed by atoms with Crippen LogP contribution in [0.25, 0.3) is 10.9 Å². The first-order valence-electron chi connectivity index (χ1n) is 15.3. The Bertz CT molecular complexity index is 1680. The first-order chi connectivity index (χ1) is 20.8. The molecular weight excluding hydrogens is 558 g/mol. The lowest BCUT2D eigenvalue weighted by Gasteiger charge is -2.34. The molecular formula is C34H41N5O3S. The van der Waals surface area contributed by atoms with Gasteiger partial charge in [0.15, 0.2) is 5.88 Å². The van der Waals surface area contributed by atoms with E-state index >= 15 is 0 Å². The summed E-state index contributed by atoms with van der Waals surface area (Å²) in [4.78, 5) is 13.1. The van der Waals surface area contributed by atoms with E-state index in [0.29, 0.717) is 28.2 Å². The van der Waals surface area contributed by atoms with Crippen molar-refractivity contribution in [3.63, 3.8) is 0 Å². The van der Waals surface area contributed by atoms with Crippen molar-refractivity contribution in [2.24, 2.45) is 4.99 Å². The fourth-order valence-corrected chi connectivity index (χ4v) is 7.58. The van der Waals surface area contributed by atoms with Gasteiger partial charge in [0.2, 0.25) is 10.0 Å². The Kier molecular flexibility index (Phi) is 8.68. The summed E-state index contributed by atoms with van der Waals surface area (Å²) in [5.74, 6) is -0.0492. The summed E-state index contributed by atoms with van der Waals surface area (Å²) in [7, 11) is -3.77. The maximum atomic E-state index is 13.5. The molecule has 0 atom stereocenters. The highest BCUT2D eigenvalue weighted by atomic mass is 32.2. The smallest absolute Gasteiger partial charge is 0.240 e. The first-order valence-corrected chi connectivity index (χ1v) is 16.8. The first kappa shape index (κ1) is 29.6. The number of H-pyrrole nitrogens is 1. The van der Waals surface area contributed by atoms with E-state index < -0.39 is 10.0 Å². The zero-order chi connectivity index (χ0) is 30.0. The highest BCUT2D eigenvalue weighted by Gasteiger charge is 2.27. The molecule has 226 valence electrons. The SMILES string of the molecule is CC(C)N1CCC(NS(=O)(=O)c2ccc3[nH]c(O)c(C(=Nc4ccc(CN5CCCC5)cc4)c4ccccc4)c3c2)CC1. The zero-order valence-electron chi connectivity index (χ0n) is 25.0. The lowest BCUT2D eigenvalue weighted by molar-refractivity contribution is 0.168. The molecule has 0 radical (unpaired) electrons. The van der Waals surface area contributed by atoms with Crippen molar-refractivity contribution >= 4 is 32.3 Å². The summed E-state index contributed by atoms with van der Waals surface area (Å²) in [6, 6.07) is 23.2. The van der Waals surface area contributed by atoms with E-state index in [1.165, 1.54) is 18.4 Å². The topological polar surface area (TPSA) is 101 Å². The predicted molar refractivity (Wildman–Crippen MR) is 173 cm³/mol. The number of rotatable bonds is 9. The lowest BCUT2D eigenvalue weighted by atomic mass is 10.0. The molecule has 9 heteroatoms. The van der Waals surface area contributed by atoms with E-state index in [2.05, 4.69) is 45.5 Å². The van der Waals surface area contributed by atoms with Crippen LogP contribution in [0.2, 0.25) is 0 Å². The molecule has 2 saturated heterocycles. The number of hydrogen-bond acceptors (Lipinski definition) is 6. The molecule has 0 spiro atoms. The zero-order valence-corrected chi connectivity index (χ0v) is 25.8. The number of aromatic hydroxyl groups is 1. The van der Waals surface area contributed by atoms with Crippen LogP contribution in [0.4, 0.5) is 5.69 Å². The summed E-state index contributed by atoms with van der Waals surface area (Å²) in [5, 5.41) is 11.8. The number of benzene rings is 3. The molecule has 8 nitrogen and oxygen atoms in total. The molecule has 3 aromatic carbocycles. The summed E-state index contributed by atoms with van der Waals surface area (Å²) in [5.41, 5.74) is 4.51. The van der Waals surface area contributed by atoms with Gasteiger partial charge in [0.05, 0.1) is 21.9 Å². The molecule has 0 amide bonds. The summed E-state index contributed by atoms with van der Waals surface area (Å²) >= 11 is 0. The van der Waals surface area contributed by atoms with E-state index in [1.807, 2.05) is 42.5 Å². The van der Waals surface area contributed by atoms with Gasteiger partial charge in [-0.3, -0.25) is 4.90 Å². The highest BCUT2D eigenvalue weighted by Crippen LogP contribution is 2.33. The normalized spacial score (nSPS) is 17.8. The molecule has 2 aliphatic rings. The van der Waals surface area contributed by atoms with Crippen molar-refractivity contribution in [2.45, 2.75) is 63.1 Å². The number of hydrogen-bond donors (Lipinski definition) is 3. The van der Waals surface area contributed by atoms with Gasteiger partial charge in [-0.05, 0) is 102 Å². The van der Waals surface area contributed by atoms with Crippen LogP contribution >= 0.6 is 0 Å². The molecule has 0 bridgehead atoms. The second-order valence-electron chi connectivity index (χ2n) is 12.1. The van der Waals surface area contributed by atoms with Gasteiger partial charge in [-0.15, -0.1) is 0 Å². The van der Waals surface area contributed by atoms with Crippen LogP contribution in [0.5, 0.6) is 5.88 Å². The van der Waals surface area contributed by atoms with Gasteiger partial charge >= 0.3 is 0 Å². The number of likely N-dealkylation sites (tertiary alicyclic amines) is 2. The maximum absolute atomic E-state index is 13.5. The Morgan fingerprint density at radius 1 is 0.977 bits per heavy atom. The van der Waals surface area contributed by atoms with Crippen molar-refractivity contribution in [1.82, 2.24) is 19.5 Å². The Labute approximate surface area is 254 Å². The standard InChI is InChI=1S/C34H41N5O3S/c1-24(2)39-20-16-28(17-21-39)37-43(41,42)29-14-15-31-30(22-29)32(34(40)36-31)33(26-8-4-3-5-9-26)35-27-12-10-25(11-13-27)23-38-18-6-7-19-38/h3-5,8-15,22,24,28,36-37,40H,6-7,16-21,23H2,1-2H3. The summed E-state index contributed by atoms with van der Waals surface area (Å²) in [6.07, 6.45) is 4.07. The molecule has 0 unspecified atom stereocenters. The van der Waals surface area contributed by atoms with E-state index in [1.54, 1.807) is 18.2 Å². The number of nitrogens with zero attached hydrogens (tertiary/aromatic N) is 3. The van der Waals surface area contributed by atoms with Crippen molar-refractivity contribution in [3.8, 4) is 5.88 Å². The molecule has 3 N–H and O–H groups in total. The largest absolute Gasteiger partial charge is 0.494 e. The predicted octanol–water partition coefficient (Wildman–Crippen LogP) is 5.79. The summed E-state index contributed by atoms with van der Waals surface area (Å²) in [6.45, 7) is 9.29. The Morgan fingerprint density at radius 2 is 1.67 bits per heavy atom. The number of aliphatic imine (C=N–C) groups is 1. The summed E-state index contributed by atoms with van der Waals surface area (Å²) < 4.78 is 30.0. The van der Waals surface area contributed by atoms with Gasteiger partial charge in [0.25, 0.3) is 0 Å². The Balaban J connectivity index is 1.33. The molecule has 2 aliphatic heterocycles. The van der Waals surface area contributed by atoms with E-state index in [0.717, 1.165) is 56.8 Å². The average Bonchev–Trinajstić information content (AvgIpc) is 3.64. The minimum Gasteiger partial charge on any atom is -0.494 e. The van der Waals surface area contributed by atoms with Crippen LogP contribution in [-0.2, 0) is 16.6 Å². The van der Waals surface area contributed by atoms with Crippen LogP contribution in [0.3, 0.4) is 0 Å². The molecule has 3 heterocycles. The average molecular weight is 600 g/mol. The number of aromatic nitrogens is 1. The number of fused-ring (bicyclic) bond motifs is 1. The van der Waals surface area contributed by atoms with Crippen LogP contribution in [0.1, 0.15) is 56.2 Å². The number of nitrogens with one attached hydrogen (secondary N) is 2. The quantitative estimate of drug-likeness (QED) is 0.212. The van der Waals surface area contributed by atoms with Gasteiger partial charge in [0, 0.05) is 35.1 Å². The fraction of sp³-hybridized carbons (Fsp3) is 0.382. The number of sulfonamides is 1. The third-order valence-electron chi connectivity index (χ3n) is 8.71. The molecule has 1 aromatic heterocycles. The molecule has 0 saturated carbocycles. The second-order valence-corrected chi connectivity index (χ2v) is 13.8. The van der Waals surface area contributed by atoms with Gasteiger partial charge < -0.3 is 15.0 Å². The Morgan fingerprint density at radius 3 is 2.35 bits per heavy atom.